The number of halogens is 5. The lowest BCUT2D eigenvalue weighted by Gasteiger charge is -2.26. The van der Waals surface area contributed by atoms with Gasteiger partial charge in [0.05, 0.1) is 17.2 Å². The van der Waals surface area contributed by atoms with Gasteiger partial charge in [-0.3, -0.25) is 4.90 Å². The molecule has 1 saturated heterocycles. The molecule has 3 unspecified atom stereocenters. The molecule has 1 aliphatic rings. The van der Waals surface area contributed by atoms with Gasteiger partial charge in [-0.15, -0.1) is 0 Å². The lowest BCUT2D eigenvalue weighted by atomic mass is 10.1. The number of ether oxygens (including phenoxy) is 2. The molecule has 3 rings (SSSR count). The molecule has 12 heteroatoms. The van der Waals surface area contributed by atoms with E-state index in [-0.39, 0.29) is 26.1 Å². The number of aliphatic hydroxyl groups is 2. The van der Waals surface area contributed by atoms with Crippen molar-refractivity contribution in [1.82, 2.24) is 4.90 Å². The number of carbonyl (C=O) groups is 2. The van der Waals surface area contributed by atoms with Crippen molar-refractivity contribution < 1.29 is 42.4 Å². The first-order chi connectivity index (χ1) is 16.0. The van der Waals surface area contributed by atoms with Gasteiger partial charge in [-0.1, -0.05) is 35.9 Å². The van der Waals surface area contributed by atoms with Crippen molar-refractivity contribution in [2.24, 2.45) is 0 Å². The maximum atomic E-state index is 12.4. The second-order valence-electron chi connectivity index (χ2n) is 7.66. The minimum absolute atomic E-state index is 0.0984. The standard InChI is InChI=1S/C22H20BrClF3NO6/c23-15-7-12(5-6-16(15)24)11-33-19-4-2-1-3-14(19)18(30)10-28-9-13(29)8-17(28)20(31)34-21(32)22(25,26)27/h1-7,13,17-18,29-30H,8-11H2. The summed E-state index contributed by atoms with van der Waals surface area (Å²) in [5.41, 5.74) is 1.18. The predicted molar refractivity (Wildman–Crippen MR) is 118 cm³/mol. The van der Waals surface area contributed by atoms with E-state index in [4.69, 9.17) is 16.3 Å². The summed E-state index contributed by atoms with van der Waals surface area (Å²) in [6.45, 7) is -0.154. The molecular formula is C22H20BrClF3NO6. The molecule has 184 valence electrons. The fourth-order valence-corrected chi connectivity index (χ4v) is 4.09. The van der Waals surface area contributed by atoms with Gasteiger partial charge in [0, 0.05) is 29.5 Å². The van der Waals surface area contributed by atoms with Crippen molar-refractivity contribution >= 4 is 39.5 Å². The van der Waals surface area contributed by atoms with Crippen molar-refractivity contribution in [2.45, 2.75) is 37.5 Å². The average molecular weight is 567 g/mol. The number of carbonyl (C=O) groups excluding carboxylic acids is 2. The van der Waals surface area contributed by atoms with Gasteiger partial charge in [-0.25, -0.2) is 9.59 Å². The molecule has 0 bridgehead atoms. The number of esters is 2. The second-order valence-corrected chi connectivity index (χ2v) is 8.92. The first kappa shape index (κ1) is 26.4. The Morgan fingerprint density at radius 3 is 2.62 bits per heavy atom. The van der Waals surface area contributed by atoms with E-state index in [2.05, 4.69) is 20.7 Å². The molecule has 0 amide bonds. The smallest absolute Gasteiger partial charge is 0.489 e. The lowest BCUT2D eigenvalue weighted by molar-refractivity contribution is -0.203. The Labute approximate surface area is 206 Å². The lowest BCUT2D eigenvalue weighted by Crippen LogP contribution is -2.42. The Bertz CT molecular complexity index is 1050. The zero-order chi connectivity index (χ0) is 25.0. The molecule has 0 aromatic heterocycles. The summed E-state index contributed by atoms with van der Waals surface area (Å²) < 4.78 is 47.7. The van der Waals surface area contributed by atoms with Gasteiger partial charge in [0.2, 0.25) is 0 Å². The highest BCUT2D eigenvalue weighted by molar-refractivity contribution is 9.10. The summed E-state index contributed by atoms with van der Waals surface area (Å²) in [5.74, 6) is -3.72. The van der Waals surface area contributed by atoms with Crippen molar-refractivity contribution in [3.63, 3.8) is 0 Å². The molecule has 2 N–H and O–H groups in total. The molecule has 0 radical (unpaired) electrons. The first-order valence-corrected chi connectivity index (χ1v) is 11.2. The van der Waals surface area contributed by atoms with E-state index in [1.807, 2.05) is 0 Å². The quantitative estimate of drug-likeness (QED) is 0.389. The molecule has 7 nitrogen and oxygen atoms in total. The summed E-state index contributed by atoms with van der Waals surface area (Å²) in [7, 11) is 0. The molecule has 2 aromatic carbocycles. The van der Waals surface area contributed by atoms with E-state index < -0.39 is 36.4 Å². The van der Waals surface area contributed by atoms with Crippen molar-refractivity contribution in [1.29, 1.82) is 0 Å². The molecule has 3 atom stereocenters. The molecular weight excluding hydrogens is 547 g/mol. The Balaban J connectivity index is 1.69. The van der Waals surface area contributed by atoms with Gasteiger partial charge in [-0.2, -0.15) is 13.2 Å². The van der Waals surface area contributed by atoms with Gasteiger partial charge < -0.3 is 19.7 Å². The summed E-state index contributed by atoms with van der Waals surface area (Å²) in [6.07, 6.45) is -7.82. The van der Waals surface area contributed by atoms with Crippen LogP contribution in [0.25, 0.3) is 0 Å². The molecule has 0 spiro atoms. The van der Waals surface area contributed by atoms with E-state index in [1.165, 1.54) is 4.90 Å². The first-order valence-electron chi connectivity index (χ1n) is 10.0. The van der Waals surface area contributed by atoms with Gasteiger partial charge in [0.25, 0.3) is 0 Å². The number of aliphatic hydroxyl groups excluding tert-OH is 2. The molecule has 0 aliphatic carbocycles. The number of nitrogens with zero attached hydrogens (tertiary/aromatic N) is 1. The van der Waals surface area contributed by atoms with Crippen LogP contribution in [0.4, 0.5) is 13.2 Å². The summed E-state index contributed by atoms with van der Waals surface area (Å²) in [6, 6.07) is 10.5. The number of benzene rings is 2. The maximum Gasteiger partial charge on any atom is 0.491 e. The predicted octanol–water partition coefficient (Wildman–Crippen LogP) is 3.78. The van der Waals surface area contributed by atoms with Crippen LogP contribution in [0.15, 0.2) is 46.9 Å². The van der Waals surface area contributed by atoms with Crippen LogP contribution in [0.3, 0.4) is 0 Å². The molecule has 34 heavy (non-hydrogen) atoms. The van der Waals surface area contributed by atoms with Crippen molar-refractivity contribution in [3.8, 4) is 5.75 Å². The Morgan fingerprint density at radius 2 is 1.94 bits per heavy atom. The maximum absolute atomic E-state index is 12.4. The van der Waals surface area contributed by atoms with Crippen LogP contribution in [0.1, 0.15) is 23.7 Å². The molecule has 1 fully saturated rings. The van der Waals surface area contributed by atoms with Crippen LogP contribution in [-0.2, 0) is 20.9 Å². The average Bonchev–Trinajstić information content (AvgIpc) is 3.14. The summed E-state index contributed by atoms with van der Waals surface area (Å²) in [4.78, 5) is 24.4. The topological polar surface area (TPSA) is 96.3 Å². The monoisotopic (exact) mass is 565 g/mol. The Hall–Kier alpha value is -2.18. The SMILES string of the molecule is O=C(OC(=O)C(F)(F)F)C1CC(O)CN1CC(O)c1ccccc1OCc1ccc(Cl)c(Br)c1. The summed E-state index contributed by atoms with van der Waals surface area (Å²) in [5, 5.41) is 21.3. The van der Waals surface area contributed by atoms with E-state index in [0.717, 1.165) is 5.56 Å². The van der Waals surface area contributed by atoms with Crippen molar-refractivity contribution in [3.05, 3.63) is 63.1 Å². The van der Waals surface area contributed by atoms with E-state index in [9.17, 15) is 33.0 Å². The molecule has 1 heterocycles. The van der Waals surface area contributed by atoms with Gasteiger partial charge in [-0.05, 0) is 39.7 Å². The highest BCUT2D eigenvalue weighted by Crippen LogP contribution is 2.30. The normalized spacial score (nSPS) is 19.6. The zero-order valence-corrected chi connectivity index (χ0v) is 19.8. The van der Waals surface area contributed by atoms with Gasteiger partial charge in [0.15, 0.2) is 0 Å². The number of alkyl halides is 3. The number of β-amino-alcohol motifs (C(OH)–C–C–N with tert-alkyl or cyclic N) is 2. The van der Waals surface area contributed by atoms with Gasteiger partial charge in [0.1, 0.15) is 18.4 Å². The highest BCUT2D eigenvalue weighted by atomic mass is 79.9. The number of rotatable bonds is 7. The van der Waals surface area contributed by atoms with E-state index in [0.29, 0.717) is 20.8 Å². The van der Waals surface area contributed by atoms with E-state index in [1.54, 1.807) is 42.5 Å². The van der Waals surface area contributed by atoms with E-state index >= 15 is 0 Å². The highest BCUT2D eigenvalue weighted by Gasteiger charge is 2.46. The van der Waals surface area contributed by atoms with Crippen LogP contribution < -0.4 is 4.74 Å². The van der Waals surface area contributed by atoms with Crippen molar-refractivity contribution in [2.75, 3.05) is 13.1 Å². The fraction of sp³-hybridized carbons (Fsp3) is 0.364. The van der Waals surface area contributed by atoms with Crippen LogP contribution in [0.2, 0.25) is 5.02 Å². The third kappa shape index (κ3) is 6.70. The fourth-order valence-electron chi connectivity index (χ4n) is 3.54. The minimum Gasteiger partial charge on any atom is -0.489 e. The minimum atomic E-state index is -5.33. The third-order valence-corrected chi connectivity index (χ3v) is 6.36. The van der Waals surface area contributed by atoms with Crippen LogP contribution in [-0.4, -0.2) is 58.5 Å². The second kappa shape index (κ2) is 11.0. The van der Waals surface area contributed by atoms with Gasteiger partial charge >= 0.3 is 18.1 Å². The third-order valence-electron chi connectivity index (χ3n) is 5.14. The number of hydrogen-bond donors (Lipinski definition) is 2. The Morgan fingerprint density at radius 1 is 1.24 bits per heavy atom. The largest absolute Gasteiger partial charge is 0.491 e. The van der Waals surface area contributed by atoms with Crippen LogP contribution >= 0.6 is 27.5 Å². The Kier molecular flexibility index (Phi) is 8.58. The molecule has 1 aliphatic heterocycles. The number of likely N-dealkylation sites (tertiary alicyclic amines) is 1. The van der Waals surface area contributed by atoms with Crippen LogP contribution in [0.5, 0.6) is 5.75 Å². The van der Waals surface area contributed by atoms with Crippen LogP contribution in [0, 0.1) is 0 Å². The molecule has 0 saturated carbocycles. The summed E-state index contributed by atoms with van der Waals surface area (Å²) >= 11 is 9.32. The molecule has 2 aromatic rings. The number of para-hydroxylation sites is 1. The zero-order valence-electron chi connectivity index (χ0n) is 17.5. The number of hydrogen-bond acceptors (Lipinski definition) is 7.